The minimum atomic E-state index is -0.253. The van der Waals surface area contributed by atoms with Crippen LogP contribution in [0, 0.1) is 6.92 Å². The van der Waals surface area contributed by atoms with Gasteiger partial charge in [-0.2, -0.15) is 0 Å². The molecular weight excluding hydrogens is 266 g/mol. The van der Waals surface area contributed by atoms with Gasteiger partial charge in [0, 0.05) is 20.0 Å². The number of carbonyl (C=O) groups excluding carboxylic acids is 2. The minimum absolute atomic E-state index is 0.0754. The molecule has 1 amide bonds. The van der Waals surface area contributed by atoms with Crippen LogP contribution in [0.15, 0.2) is 24.3 Å². The fourth-order valence-corrected chi connectivity index (χ4v) is 2.01. The second kappa shape index (κ2) is 9.16. The lowest BCUT2D eigenvalue weighted by Crippen LogP contribution is -2.29. The highest BCUT2D eigenvalue weighted by Gasteiger charge is 2.11. The topological polar surface area (TPSA) is 46.6 Å². The quantitative estimate of drug-likeness (QED) is 0.692. The molecule has 4 heteroatoms. The van der Waals surface area contributed by atoms with Crippen molar-refractivity contribution in [2.24, 2.45) is 0 Å². The molecule has 116 valence electrons. The predicted molar refractivity (Wildman–Crippen MR) is 83.0 cm³/mol. The molecule has 1 rings (SSSR count). The zero-order valence-electron chi connectivity index (χ0n) is 13.2. The molecule has 0 fully saturated rings. The molecule has 0 aliphatic heterocycles. The summed E-state index contributed by atoms with van der Waals surface area (Å²) in [6.45, 7) is 4.64. The Morgan fingerprint density at radius 1 is 1.14 bits per heavy atom. The van der Waals surface area contributed by atoms with Crippen molar-refractivity contribution >= 4 is 11.9 Å². The van der Waals surface area contributed by atoms with E-state index in [2.05, 4.69) is 31.2 Å². The van der Waals surface area contributed by atoms with Crippen LogP contribution >= 0.6 is 0 Å². The molecule has 0 unspecified atom stereocenters. The van der Waals surface area contributed by atoms with Crippen LogP contribution in [0.1, 0.15) is 37.3 Å². The van der Waals surface area contributed by atoms with Gasteiger partial charge >= 0.3 is 5.97 Å². The summed E-state index contributed by atoms with van der Waals surface area (Å²) in [7, 11) is 1.73. The lowest BCUT2D eigenvalue weighted by molar-refractivity contribution is -0.143. The van der Waals surface area contributed by atoms with Gasteiger partial charge in [0.05, 0.1) is 13.0 Å². The van der Waals surface area contributed by atoms with Gasteiger partial charge in [0.1, 0.15) is 0 Å². The largest absolute Gasteiger partial charge is 0.466 e. The molecule has 0 bridgehead atoms. The minimum Gasteiger partial charge on any atom is -0.466 e. The number of nitrogens with zero attached hydrogens (tertiary/aromatic N) is 1. The summed E-state index contributed by atoms with van der Waals surface area (Å²) in [5.41, 5.74) is 2.50. The number of benzene rings is 1. The van der Waals surface area contributed by atoms with Crippen LogP contribution in [0.4, 0.5) is 0 Å². The molecule has 0 aliphatic carbocycles. The number of aryl methyl sites for hydroxylation is 2. The molecule has 0 saturated heterocycles. The molecule has 0 aromatic heterocycles. The average molecular weight is 291 g/mol. The zero-order chi connectivity index (χ0) is 15.7. The first-order valence-electron chi connectivity index (χ1n) is 7.48. The van der Waals surface area contributed by atoms with Gasteiger partial charge in [0.2, 0.25) is 5.91 Å². The molecular formula is C17H25NO3. The lowest BCUT2D eigenvalue weighted by atomic mass is 10.1. The average Bonchev–Trinajstić information content (AvgIpc) is 2.47. The molecule has 0 heterocycles. The lowest BCUT2D eigenvalue weighted by Gasteiger charge is -2.16. The first-order chi connectivity index (χ1) is 10.0. The predicted octanol–water partition coefficient (Wildman–Crippen LogP) is 2.73. The highest BCUT2D eigenvalue weighted by atomic mass is 16.5. The second-order valence-corrected chi connectivity index (χ2v) is 5.21. The highest BCUT2D eigenvalue weighted by molar-refractivity contribution is 5.77. The Bertz CT molecular complexity index is 454. The summed E-state index contributed by atoms with van der Waals surface area (Å²) in [6, 6.07) is 8.37. The van der Waals surface area contributed by atoms with Crippen molar-refractivity contribution in [3.05, 3.63) is 35.4 Å². The molecule has 0 N–H and O–H groups in total. The van der Waals surface area contributed by atoms with E-state index < -0.39 is 0 Å². The molecule has 1 aromatic carbocycles. The Kier molecular flexibility index (Phi) is 7.51. The van der Waals surface area contributed by atoms with Gasteiger partial charge in [-0.15, -0.1) is 0 Å². The number of rotatable bonds is 8. The fourth-order valence-electron chi connectivity index (χ4n) is 2.01. The maximum atomic E-state index is 11.9. The smallest absolute Gasteiger partial charge is 0.307 e. The highest BCUT2D eigenvalue weighted by Crippen LogP contribution is 2.08. The molecule has 0 spiro atoms. The summed E-state index contributed by atoms with van der Waals surface area (Å²) in [4.78, 5) is 24.8. The molecule has 0 radical (unpaired) electrons. The Morgan fingerprint density at radius 3 is 2.43 bits per heavy atom. The monoisotopic (exact) mass is 291 g/mol. The summed E-state index contributed by atoms with van der Waals surface area (Å²) in [5, 5.41) is 0. The maximum absolute atomic E-state index is 11.9. The van der Waals surface area contributed by atoms with E-state index in [1.165, 1.54) is 11.1 Å². The molecule has 21 heavy (non-hydrogen) atoms. The van der Waals surface area contributed by atoms with E-state index in [4.69, 9.17) is 4.74 Å². The van der Waals surface area contributed by atoms with Crippen molar-refractivity contribution in [1.29, 1.82) is 0 Å². The zero-order valence-corrected chi connectivity index (χ0v) is 13.2. The Hall–Kier alpha value is -1.84. The van der Waals surface area contributed by atoms with Crippen LogP contribution < -0.4 is 0 Å². The first-order valence-corrected chi connectivity index (χ1v) is 7.48. The van der Waals surface area contributed by atoms with Crippen molar-refractivity contribution in [3.8, 4) is 0 Å². The van der Waals surface area contributed by atoms with E-state index in [1.54, 1.807) is 18.9 Å². The molecule has 1 aromatic rings. The molecule has 4 nitrogen and oxygen atoms in total. The van der Waals surface area contributed by atoms with Crippen LogP contribution in [0.25, 0.3) is 0 Å². The number of carbonyl (C=O) groups is 2. The molecule has 0 aliphatic rings. The van der Waals surface area contributed by atoms with Crippen molar-refractivity contribution < 1.29 is 14.3 Å². The number of ether oxygens (including phenoxy) is 1. The fraction of sp³-hybridized carbons (Fsp3) is 0.529. The van der Waals surface area contributed by atoms with Crippen LogP contribution in [0.5, 0.6) is 0 Å². The SMILES string of the molecule is CCOC(=O)CCN(C)C(=O)CCCc1ccc(C)cc1. The van der Waals surface area contributed by atoms with Crippen molar-refractivity contribution in [1.82, 2.24) is 4.90 Å². The van der Waals surface area contributed by atoms with Crippen molar-refractivity contribution in [3.63, 3.8) is 0 Å². The van der Waals surface area contributed by atoms with Gasteiger partial charge in [-0.1, -0.05) is 29.8 Å². The Morgan fingerprint density at radius 2 is 1.81 bits per heavy atom. The van der Waals surface area contributed by atoms with Gasteiger partial charge < -0.3 is 9.64 Å². The van der Waals surface area contributed by atoms with E-state index >= 15 is 0 Å². The third-order valence-corrected chi connectivity index (χ3v) is 3.36. The van der Waals surface area contributed by atoms with Gasteiger partial charge in [0.25, 0.3) is 0 Å². The van der Waals surface area contributed by atoms with Gasteiger partial charge in [-0.05, 0) is 32.3 Å². The van der Waals surface area contributed by atoms with E-state index in [0.29, 0.717) is 19.6 Å². The standard InChI is InChI=1S/C17H25NO3/c1-4-21-17(20)12-13-18(3)16(19)7-5-6-15-10-8-14(2)9-11-15/h8-11H,4-7,12-13H2,1-3H3. The van der Waals surface area contributed by atoms with E-state index in [1.807, 2.05) is 0 Å². The van der Waals surface area contributed by atoms with Gasteiger partial charge in [-0.3, -0.25) is 9.59 Å². The number of hydrogen-bond acceptors (Lipinski definition) is 3. The van der Waals surface area contributed by atoms with Gasteiger partial charge in [0.15, 0.2) is 0 Å². The van der Waals surface area contributed by atoms with E-state index in [0.717, 1.165) is 12.8 Å². The normalized spacial score (nSPS) is 10.2. The van der Waals surface area contributed by atoms with Crippen LogP contribution in [-0.4, -0.2) is 37.0 Å². The van der Waals surface area contributed by atoms with Crippen LogP contribution in [0.2, 0.25) is 0 Å². The van der Waals surface area contributed by atoms with E-state index in [-0.39, 0.29) is 18.3 Å². The summed E-state index contributed by atoms with van der Waals surface area (Å²) in [6.07, 6.45) is 2.49. The number of amides is 1. The molecule has 0 saturated carbocycles. The Balaban J connectivity index is 2.23. The van der Waals surface area contributed by atoms with E-state index in [9.17, 15) is 9.59 Å². The van der Waals surface area contributed by atoms with Crippen molar-refractivity contribution in [2.75, 3.05) is 20.2 Å². The van der Waals surface area contributed by atoms with Crippen molar-refractivity contribution in [2.45, 2.75) is 39.5 Å². The van der Waals surface area contributed by atoms with Crippen LogP contribution in [0.3, 0.4) is 0 Å². The summed E-state index contributed by atoms with van der Waals surface area (Å²) in [5.74, 6) is -0.178. The third kappa shape index (κ3) is 6.93. The second-order valence-electron chi connectivity index (χ2n) is 5.21. The number of esters is 1. The van der Waals surface area contributed by atoms with Gasteiger partial charge in [-0.25, -0.2) is 0 Å². The summed E-state index contributed by atoms with van der Waals surface area (Å²) < 4.78 is 4.84. The first kappa shape index (κ1) is 17.2. The molecule has 0 atom stereocenters. The maximum Gasteiger partial charge on any atom is 0.307 e. The Labute approximate surface area is 127 Å². The number of hydrogen-bond donors (Lipinski definition) is 0. The third-order valence-electron chi connectivity index (χ3n) is 3.36. The van der Waals surface area contributed by atoms with Crippen LogP contribution in [-0.2, 0) is 20.7 Å². The summed E-state index contributed by atoms with van der Waals surface area (Å²) >= 11 is 0.